The maximum atomic E-state index is 11.7. The molecule has 8 heteroatoms. The predicted octanol–water partition coefficient (Wildman–Crippen LogP) is -2.86. The molecule has 0 fully saturated rings. The first kappa shape index (κ1) is 17.5. The number of hydrogen-bond donors (Lipinski definition) is 4. The number of Topliss-reactive ketones (excluding diaryl/α,β-unsaturated/α-hetero) is 4. The molecule has 3 atom stereocenters. The van der Waals surface area contributed by atoms with E-state index in [0.717, 1.165) is 6.92 Å². The van der Waals surface area contributed by atoms with Crippen molar-refractivity contribution in [2.75, 3.05) is 6.61 Å². The van der Waals surface area contributed by atoms with Crippen molar-refractivity contribution in [1.29, 1.82) is 0 Å². The van der Waals surface area contributed by atoms with Crippen LogP contribution >= 0.6 is 0 Å². The second kappa shape index (κ2) is 5.66. The van der Waals surface area contributed by atoms with Gasteiger partial charge < -0.3 is 20.4 Å². The molecule has 0 saturated heterocycles. The molecule has 19 heavy (non-hydrogen) atoms. The summed E-state index contributed by atoms with van der Waals surface area (Å²) in [6.07, 6.45) is -2.32. The molecule has 0 amide bonds. The Kier molecular flexibility index (Phi) is 5.22. The Balaban J connectivity index is 6.25. The highest BCUT2D eigenvalue weighted by atomic mass is 16.4. The first-order valence-corrected chi connectivity index (χ1v) is 5.29. The third kappa shape index (κ3) is 2.47. The number of ketones is 4. The van der Waals surface area contributed by atoms with Gasteiger partial charge in [-0.05, 0) is 13.8 Å². The van der Waals surface area contributed by atoms with Crippen LogP contribution in [0.2, 0.25) is 0 Å². The van der Waals surface area contributed by atoms with Crippen LogP contribution in [-0.4, -0.2) is 67.5 Å². The van der Waals surface area contributed by atoms with Gasteiger partial charge >= 0.3 is 0 Å². The van der Waals surface area contributed by atoms with Crippen LogP contribution in [0.25, 0.3) is 0 Å². The third-order valence-electron chi connectivity index (χ3n) is 2.90. The van der Waals surface area contributed by atoms with Gasteiger partial charge in [0.2, 0.25) is 11.4 Å². The van der Waals surface area contributed by atoms with E-state index >= 15 is 0 Å². The summed E-state index contributed by atoms with van der Waals surface area (Å²) < 4.78 is 0. The van der Waals surface area contributed by atoms with Gasteiger partial charge in [-0.25, -0.2) is 0 Å². The molecular weight excluding hydrogens is 260 g/mol. The van der Waals surface area contributed by atoms with E-state index < -0.39 is 47.0 Å². The highest BCUT2D eigenvalue weighted by Gasteiger charge is 2.65. The topological polar surface area (TPSA) is 149 Å². The molecule has 108 valence electrons. The first-order chi connectivity index (χ1) is 8.47. The molecule has 0 bridgehead atoms. The Bertz CT molecular complexity index is 428. The number of rotatable bonds is 7. The third-order valence-corrected chi connectivity index (χ3v) is 2.90. The monoisotopic (exact) mass is 276 g/mol. The fourth-order valence-corrected chi connectivity index (χ4v) is 1.72. The summed E-state index contributed by atoms with van der Waals surface area (Å²) in [5, 5.41) is 38.4. The lowest BCUT2D eigenvalue weighted by Gasteiger charge is -2.40. The van der Waals surface area contributed by atoms with E-state index in [1.807, 2.05) is 0 Å². The normalized spacial score (nSPS) is 18.9. The average Bonchev–Trinajstić information content (AvgIpc) is 2.33. The summed E-state index contributed by atoms with van der Waals surface area (Å²) in [6, 6.07) is 0. The molecule has 8 nitrogen and oxygen atoms in total. The number of hydrogen-bond acceptors (Lipinski definition) is 8. The maximum Gasteiger partial charge on any atom is 0.240 e. The molecular formula is C11H16O8. The molecule has 0 saturated carbocycles. The molecule has 0 aliphatic heterocycles. The van der Waals surface area contributed by atoms with Crippen LogP contribution in [0.3, 0.4) is 0 Å². The van der Waals surface area contributed by atoms with Crippen molar-refractivity contribution in [3.63, 3.8) is 0 Å². The first-order valence-electron chi connectivity index (χ1n) is 5.29. The fraction of sp³-hybridized carbons (Fsp3) is 0.636. The van der Waals surface area contributed by atoms with E-state index in [9.17, 15) is 34.5 Å². The standard InChI is InChI=1S/C11H16O8/c1-5(13)9(17)11(19,7(3)15)10(18,6(2)14)8(16)4-12/h8,12,16,18-19H,4H2,1-3H3/t8-,10-,11+/m1/s1. The van der Waals surface area contributed by atoms with Crippen LogP contribution in [0, 0.1) is 0 Å². The molecule has 0 heterocycles. The largest absolute Gasteiger partial charge is 0.394 e. The number of carbonyl (C=O) groups is 4. The summed E-state index contributed by atoms with van der Waals surface area (Å²) >= 11 is 0. The molecule has 0 aromatic carbocycles. The Labute approximate surface area is 108 Å². The zero-order valence-electron chi connectivity index (χ0n) is 10.7. The smallest absolute Gasteiger partial charge is 0.240 e. The second-order valence-corrected chi connectivity index (χ2v) is 4.17. The summed E-state index contributed by atoms with van der Waals surface area (Å²) in [5.41, 5.74) is -6.76. The van der Waals surface area contributed by atoms with Crippen LogP contribution < -0.4 is 0 Å². The van der Waals surface area contributed by atoms with Gasteiger partial charge in [0.15, 0.2) is 23.0 Å². The molecule has 0 radical (unpaired) electrons. The lowest BCUT2D eigenvalue weighted by Crippen LogP contribution is -2.73. The number of aliphatic hydroxyl groups excluding tert-OH is 2. The minimum Gasteiger partial charge on any atom is -0.394 e. The molecule has 0 unspecified atom stereocenters. The molecule has 4 N–H and O–H groups in total. The summed E-state index contributed by atoms with van der Waals surface area (Å²) in [4.78, 5) is 45.6. The second-order valence-electron chi connectivity index (χ2n) is 4.17. The van der Waals surface area contributed by atoms with Crippen LogP contribution in [0.5, 0.6) is 0 Å². The van der Waals surface area contributed by atoms with E-state index in [4.69, 9.17) is 5.11 Å². The van der Waals surface area contributed by atoms with Crippen molar-refractivity contribution in [3.8, 4) is 0 Å². The molecule has 0 aliphatic rings. The molecule has 0 aromatic rings. The average molecular weight is 276 g/mol. The van der Waals surface area contributed by atoms with Crippen molar-refractivity contribution in [2.45, 2.75) is 38.1 Å². The van der Waals surface area contributed by atoms with Gasteiger partial charge in [0.05, 0.1) is 6.61 Å². The maximum absolute atomic E-state index is 11.7. The quantitative estimate of drug-likeness (QED) is 0.286. The van der Waals surface area contributed by atoms with Crippen molar-refractivity contribution in [2.24, 2.45) is 0 Å². The Morgan fingerprint density at radius 3 is 1.63 bits per heavy atom. The number of aliphatic hydroxyl groups is 4. The van der Waals surface area contributed by atoms with Crippen molar-refractivity contribution >= 4 is 23.1 Å². The van der Waals surface area contributed by atoms with E-state index in [1.165, 1.54) is 0 Å². The van der Waals surface area contributed by atoms with E-state index in [0.29, 0.717) is 13.8 Å². The van der Waals surface area contributed by atoms with Crippen molar-refractivity contribution in [3.05, 3.63) is 0 Å². The van der Waals surface area contributed by atoms with Gasteiger partial charge in [-0.2, -0.15) is 0 Å². The summed E-state index contributed by atoms with van der Waals surface area (Å²) in [7, 11) is 0. The van der Waals surface area contributed by atoms with Crippen molar-refractivity contribution < 1.29 is 39.6 Å². The molecule has 0 rings (SSSR count). The van der Waals surface area contributed by atoms with Gasteiger partial charge in [-0.1, -0.05) is 0 Å². The van der Waals surface area contributed by atoms with Crippen molar-refractivity contribution in [1.82, 2.24) is 0 Å². The van der Waals surface area contributed by atoms with Crippen LogP contribution in [-0.2, 0) is 19.2 Å². The number of carbonyl (C=O) groups excluding carboxylic acids is 4. The Morgan fingerprint density at radius 2 is 1.42 bits per heavy atom. The van der Waals surface area contributed by atoms with Crippen LogP contribution in [0.4, 0.5) is 0 Å². The zero-order chi connectivity index (χ0) is 15.6. The SMILES string of the molecule is CC(=O)C(=O)[C@@](O)(C(C)=O)[C@@](O)(C(C)=O)[C@H](O)CO. The minimum atomic E-state index is -3.45. The molecule has 0 aromatic heterocycles. The van der Waals surface area contributed by atoms with E-state index in [-0.39, 0.29) is 0 Å². The van der Waals surface area contributed by atoms with Gasteiger partial charge in [0.25, 0.3) is 0 Å². The zero-order valence-corrected chi connectivity index (χ0v) is 10.7. The highest BCUT2D eigenvalue weighted by Crippen LogP contribution is 2.30. The van der Waals surface area contributed by atoms with E-state index in [2.05, 4.69) is 0 Å². The van der Waals surface area contributed by atoms with Gasteiger partial charge in [0, 0.05) is 6.92 Å². The van der Waals surface area contributed by atoms with Gasteiger partial charge in [-0.15, -0.1) is 0 Å². The summed E-state index contributed by atoms with van der Waals surface area (Å²) in [5.74, 6) is -5.79. The van der Waals surface area contributed by atoms with Gasteiger partial charge in [-0.3, -0.25) is 19.2 Å². The lowest BCUT2D eigenvalue weighted by atomic mass is 9.70. The summed E-state index contributed by atoms with van der Waals surface area (Å²) in [6.45, 7) is 0.873. The molecule has 0 spiro atoms. The highest BCUT2D eigenvalue weighted by molar-refractivity contribution is 6.45. The Morgan fingerprint density at radius 1 is 1.00 bits per heavy atom. The van der Waals surface area contributed by atoms with Crippen LogP contribution in [0.1, 0.15) is 20.8 Å². The van der Waals surface area contributed by atoms with E-state index in [1.54, 1.807) is 0 Å². The fourth-order valence-electron chi connectivity index (χ4n) is 1.72. The van der Waals surface area contributed by atoms with Gasteiger partial charge in [0.1, 0.15) is 6.10 Å². The minimum absolute atomic E-state index is 0.666. The predicted molar refractivity (Wildman–Crippen MR) is 60.0 cm³/mol. The van der Waals surface area contributed by atoms with Crippen LogP contribution in [0.15, 0.2) is 0 Å². The Hall–Kier alpha value is -1.48. The lowest BCUT2D eigenvalue weighted by molar-refractivity contribution is -0.207. The molecule has 0 aliphatic carbocycles.